The summed E-state index contributed by atoms with van der Waals surface area (Å²) in [6, 6.07) is 0. The van der Waals surface area contributed by atoms with Crippen LogP contribution < -0.4 is 5.73 Å². The highest BCUT2D eigenvalue weighted by atomic mass is 16.5. The molecule has 1 rings (SSSR count). The zero-order valence-corrected chi connectivity index (χ0v) is 11.3. The molecule has 0 bridgehead atoms. The lowest BCUT2D eigenvalue weighted by atomic mass is 10.0. The molecular weight excluding hydrogens is 232 g/mol. The first kappa shape index (κ1) is 15.4. The normalized spacial score (nSPS) is 18.9. The quantitative estimate of drug-likeness (QED) is 0.691. The summed E-state index contributed by atoms with van der Waals surface area (Å²) in [5.74, 6) is 0.313. The van der Waals surface area contributed by atoms with Crippen molar-refractivity contribution in [3.63, 3.8) is 0 Å². The molecule has 0 aromatic heterocycles. The number of likely N-dealkylation sites (tertiary alicyclic amines) is 1. The van der Waals surface area contributed by atoms with Gasteiger partial charge < -0.3 is 20.5 Å². The Morgan fingerprint density at radius 1 is 1.50 bits per heavy atom. The molecule has 106 valence electrons. The van der Waals surface area contributed by atoms with E-state index in [1.54, 1.807) is 0 Å². The summed E-state index contributed by atoms with van der Waals surface area (Å²) < 4.78 is 5.48. The number of carbonyl (C=O) groups excluding carboxylic acids is 1. The standard InChI is InChI=1S/C13H26N2O3/c1-11(3-2-6-14)13(17)15-7-4-12(5-8-15)18-10-9-16/h11-12,16H,2-10,14H2,1H3. The number of hydrogen-bond donors (Lipinski definition) is 2. The van der Waals surface area contributed by atoms with Gasteiger partial charge in [-0.15, -0.1) is 0 Å². The van der Waals surface area contributed by atoms with Crippen LogP contribution in [0.1, 0.15) is 32.6 Å². The number of aliphatic hydroxyl groups is 1. The van der Waals surface area contributed by atoms with Gasteiger partial charge in [0.15, 0.2) is 0 Å². The van der Waals surface area contributed by atoms with Gasteiger partial charge in [-0.3, -0.25) is 4.79 Å². The van der Waals surface area contributed by atoms with Gasteiger partial charge in [0.1, 0.15) is 0 Å². The molecule has 1 unspecified atom stereocenters. The third-order valence-electron chi connectivity index (χ3n) is 3.46. The Morgan fingerprint density at radius 2 is 2.17 bits per heavy atom. The summed E-state index contributed by atoms with van der Waals surface area (Å²) in [6.07, 6.45) is 3.71. The topological polar surface area (TPSA) is 75.8 Å². The second-order valence-electron chi connectivity index (χ2n) is 4.95. The Hall–Kier alpha value is -0.650. The highest BCUT2D eigenvalue weighted by molar-refractivity contribution is 5.78. The Labute approximate surface area is 109 Å². The molecule has 18 heavy (non-hydrogen) atoms. The van der Waals surface area contributed by atoms with Gasteiger partial charge in [-0.2, -0.15) is 0 Å². The molecule has 5 heteroatoms. The van der Waals surface area contributed by atoms with E-state index in [1.807, 2.05) is 11.8 Å². The monoisotopic (exact) mass is 258 g/mol. The zero-order valence-electron chi connectivity index (χ0n) is 11.3. The first-order valence-electron chi connectivity index (χ1n) is 6.90. The molecule has 1 fully saturated rings. The first-order valence-corrected chi connectivity index (χ1v) is 6.90. The van der Waals surface area contributed by atoms with Crippen molar-refractivity contribution in [2.75, 3.05) is 32.8 Å². The highest BCUT2D eigenvalue weighted by Crippen LogP contribution is 2.17. The molecule has 1 amide bonds. The van der Waals surface area contributed by atoms with Crippen LogP contribution in [-0.2, 0) is 9.53 Å². The zero-order chi connectivity index (χ0) is 13.4. The summed E-state index contributed by atoms with van der Waals surface area (Å²) in [5.41, 5.74) is 5.46. The number of ether oxygens (including phenoxy) is 1. The van der Waals surface area contributed by atoms with Crippen molar-refractivity contribution < 1.29 is 14.6 Å². The van der Waals surface area contributed by atoms with E-state index in [0.29, 0.717) is 13.2 Å². The molecule has 5 nitrogen and oxygen atoms in total. The van der Waals surface area contributed by atoms with E-state index in [9.17, 15) is 4.79 Å². The van der Waals surface area contributed by atoms with Crippen LogP contribution in [0.3, 0.4) is 0 Å². The van der Waals surface area contributed by atoms with E-state index >= 15 is 0 Å². The lowest BCUT2D eigenvalue weighted by Crippen LogP contribution is -2.43. The summed E-state index contributed by atoms with van der Waals surface area (Å²) in [5, 5.41) is 8.69. The van der Waals surface area contributed by atoms with Gasteiger partial charge in [0, 0.05) is 19.0 Å². The average Bonchev–Trinajstić information content (AvgIpc) is 2.42. The summed E-state index contributed by atoms with van der Waals surface area (Å²) in [6.45, 7) is 4.62. The van der Waals surface area contributed by atoms with Crippen LogP contribution in [0.25, 0.3) is 0 Å². The maximum Gasteiger partial charge on any atom is 0.225 e. The predicted molar refractivity (Wildman–Crippen MR) is 70.1 cm³/mol. The molecule has 3 N–H and O–H groups in total. The lowest BCUT2D eigenvalue weighted by molar-refractivity contribution is -0.138. The number of nitrogens with two attached hydrogens (primary N) is 1. The average molecular weight is 258 g/mol. The molecule has 0 spiro atoms. The fourth-order valence-electron chi connectivity index (χ4n) is 2.32. The minimum atomic E-state index is 0.0647. The maximum atomic E-state index is 12.1. The number of nitrogens with zero attached hydrogens (tertiary/aromatic N) is 1. The Morgan fingerprint density at radius 3 is 2.72 bits per heavy atom. The molecule has 1 heterocycles. The molecule has 0 aromatic rings. The summed E-state index contributed by atoms with van der Waals surface area (Å²) in [7, 11) is 0. The van der Waals surface area contributed by atoms with E-state index < -0.39 is 0 Å². The van der Waals surface area contributed by atoms with Crippen molar-refractivity contribution >= 4 is 5.91 Å². The van der Waals surface area contributed by atoms with Crippen LogP contribution in [0.5, 0.6) is 0 Å². The van der Waals surface area contributed by atoms with Gasteiger partial charge >= 0.3 is 0 Å². The molecule has 0 saturated carbocycles. The fourth-order valence-corrected chi connectivity index (χ4v) is 2.32. The van der Waals surface area contributed by atoms with Crippen LogP contribution in [0.15, 0.2) is 0 Å². The molecule has 1 atom stereocenters. The summed E-state index contributed by atoms with van der Waals surface area (Å²) in [4.78, 5) is 14.1. The fraction of sp³-hybridized carbons (Fsp3) is 0.923. The summed E-state index contributed by atoms with van der Waals surface area (Å²) >= 11 is 0. The lowest BCUT2D eigenvalue weighted by Gasteiger charge is -2.33. The second-order valence-corrected chi connectivity index (χ2v) is 4.95. The van der Waals surface area contributed by atoms with Crippen LogP contribution in [0.2, 0.25) is 0 Å². The predicted octanol–water partition coefficient (Wildman–Crippen LogP) is 0.361. The molecule has 0 aliphatic carbocycles. The van der Waals surface area contributed by atoms with E-state index in [2.05, 4.69) is 0 Å². The van der Waals surface area contributed by atoms with Crippen molar-refractivity contribution in [3.05, 3.63) is 0 Å². The number of hydrogen-bond acceptors (Lipinski definition) is 4. The van der Waals surface area contributed by atoms with Crippen molar-refractivity contribution in [3.8, 4) is 0 Å². The smallest absolute Gasteiger partial charge is 0.225 e. The van der Waals surface area contributed by atoms with E-state index in [-0.39, 0.29) is 24.5 Å². The second kappa shape index (κ2) is 8.45. The van der Waals surface area contributed by atoms with Crippen molar-refractivity contribution in [2.45, 2.75) is 38.7 Å². The van der Waals surface area contributed by atoms with Gasteiger partial charge in [0.2, 0.25) is 5.91 Å². The Bertz CT molecular complexity index is 240. The van der Waals surface area contributed by atoms with Gasteiger partial charge in [0.05, 0.1) is 19.3 Å². The first-order chi connectivity index (χ1) is 8.69. The van der Waals surface area contributed by atoms with Crippen LogP contribution in [0, 0.1) is 5.92 Å². The maximum absolute atomic E-state index is 12.1. The SMILES string of the molecule is CC(CCCN)C(=O)N1CCC(OCCO)CC1. The number of rotatable bonds is 7. The van der Waals surface area contributed by atoms with E-state index in [0.717, 1.165) is 38.8 Å². The third kappa shape index (κ3) is 4.92. The molecule has 1 aliphatic heterocycles. The molecular formula is C13H26N2O3. The van der Waals surface area contributed by atoms with Crippen molar-refractivity contribution in [1.29, 1.82) is 0 Å². The molecule has 1 saturated heterocycles. The van der Waals surface area contributed by atoms with Crippen LogP contribution in [-0.4, -0.2) is 54.9 Å². The molecule has 0 aromatic carbocycles. The number of piperidine rings is 1. The third-order valence-corrected chi connectivity index (χ3v) is 3.46. The molecule has 0 radical (unpaired) electrons. The number of carbonyl (C=O) groups is 1. The van der Waals surface area contributed by atoms with Gasteiger partial charge in [0.25, 0.3) is 0 Å². The minimum Gasteiger partial charge on any atom is -0.394 e. The minimum absolute atomic E-state index is 0.0647. The highest BCUT2D eigenvalue weighted by Gasteiger charge is 2.25. The van der Waals surface area contributed by atoms with Crippen LogP contribution >= 0.6 is 0 Å². The number of aliphatic hydroxyl groups excluding tert-OH is 1. The molecule has 1 aliphatic rings. The van der Waals surface area contributed by atoms with Gasteiger partial charge in [-0.05, 0) is 32.2 Å². The van der Waals surface area contributed by atoms with Crippen LogP contribution in [0.4, 0.5) is 0 Å². The van der Waals surface area contributed by atoms with Gasteiger partial charge in [-0.25, -0.2) is 0 Å². The Balaban J connectivity index is 2.26. The van der Waals surface area contributed by atoms with E-state index in [1.165, 1.54) is 0 Å². The van der Waals surface area contributed by atoms with Gasteiger partial charge in [-0.1, -0.05) is 6.92 Å². The number of amides is 1. The van der Waals surface area contributed by atoms with E-state index in [4.69, 9.17) is 15.6 Å². The largest absolute Gasteiger partial charge is 0.394 e. The van der Waals surface area contributed by atoms with Crippen molar-refractivity contribution in [1.82, 2.24) is 4.90 Å². The van der Waals surface area contributed by atoms with Crippen molar-refractivity contribution in [2.24, 2.45) is 11.7 Å². The Kier molecular flexibility index (Phi) is 7.23.